The Morgan fingerprint density at radius 3 is 0.769 bits per heavy atom. The van der Waals surface area contributed by atoms with Gasteiger partial charge in [-0.05, 0) is 23.7 Å². The first-order chi connectivity index (χ1) is 11.6. The van der Waals surface area contributed by atoms with Crippen LogP contribution in [-0.2, 0) is 9.13 Å². The van der Waals surface area contributed by atoms with Crippen molar-refractivity contribution in [2.75, 3.05) is 37.9 Å². The fourth-order valence-corrected chi connectivity index (χ4v) is 7.29. The molecule has 0 aliphatic carbocycles. The standard InChI is InChI=1S/2C8H19O2P.C2H6O2/c2*1-7(2)5-11(9,10)6-8(3)4;3-1-2-4/h2*7-8H,5-6H2,1-4H3,(H,9,10);3-4H,1-2H2. The highest BCUT2D eigenvalue weighted by atomic mass is 31.2. The van der Waals surface area contributed by atoms with Crippen LogP contribution in [-0.4, -0.2) is 57.9 Å². The molecule has 8 heteroatoms. The number of hydrogen-bond acceptors (Lipinski definition) is 4. The van der Waals surface area contributed by atoms with Crippen molar-refractivity contribution in [1.82, 2.24) is 0 Å². The maximum atomic E-state index is 11.4. The summed E-state index contributed by atoms with van der Waals surface area (Å²) in [5.41, 5.74) is 0. The van der Waals surface area contributed by atoms with E-state index >= 15 is 0 Å². The number of aliphatic hydroxyl groups excluding tert-OH is 2. The van der Waals surface area contributed by atoms with Gasteiger partial charge < -0.3 is 20.0 Å². The molecule has 0 saturated heterocycles. The third-order valence-corrected chi connectivity index (χ3v) is 7.91. The summed E-state index contributed by atoms with van der Waals surface area (Å²) in [6, 6.07) is 0. The summed E-state index contributed by atoms with van der Waals surface area (Å²) in [5, 5.41) is 15.2. The first-order valence-corrected chi connectivity index (χ1v) is 13.5. The van der Waals surface area contributed by atoms with E-state index in [1.165, 1.54) is 0 Å². The van der Waals surface area contributed by atoms with Crippen molar-refractivity contribution in [1.29, 1.82) is 0 Å². The topological polar surface area (TPSA) is 115 Å². The van der Waals surface area contributed by atoms with Gasteiger partial charge in [0.2, 0.25) is 14.7 Å². The van der Waals surface area contributed by atoms with Gasteiger partial charge in [-0.15, -0.1) is 0 Å². The lowest BCUT2D eigenvalue weighted by Gasteiger charge is -2.15. The first kappa shape index (κ1) is 31.0. The lowest BCUT2D eigenvalue weighted by Crippen LogP contribution is -2.05. The van der Waals surface area contributed by atoms with E-state index in [0.717, 1.165) is 0 Å². The summed E-state index contributed by atoms with van der Waals surface area (Å²) in [4.78, 5) is 18.8. The number of aliphatic hydroxyl groups is 2. The van der Waals surface area contributed by atoms with Gasteiger partial charge in [0, 0.05) is 24.6 Å². The van der Waals surface area contributed by atoms with E-state index in [9.17, 15) is 18.9 Å². The van der Waals surface area contributed by atoms with Crippen LogP contribution in [0.3, 0.4) is 0 Å². The highest BCUT2D eigenvalue weighted by Crippen LogP contribution is 2.44. The summed E-state index contributed by atoms with van der Waals surface area (Å²) >= 11 is 0. The highest BCUT2D eigenvalue weighted by molar-refractivity contribution is 7.58. The quantitative estimate of drug-likeness (QED) is 0.419. The molecule has 0 unspecified atom stereocenters. The lowest BCUT2D eigenvalue weighted by molar-refractivity contribution is 0.186. The van der Waals surface area contributed by atoms with Crippen LogP contribution >= 0.6 is 14.7 Å². The molecule has 0 rings (SSSR count). The molecule has 0 atom stereocenters. The molecule has 0 heterocycles. The molecule has 0 saturated carbocycles. The molecule has 0 amide bonds. The van der Waals surface area contributed by atoms with E-state index in [2.05, 4.69) is 0 Å². The maximum Gasteiger partial charge on any atom is 0.201 e. The van der Waals surface area contributed by atoms with Crippen LogP contribution in [0.15, 0.2) is 0 Å². The average molecular weight is 418 g/mol. The Hall–Kier alpha value is 0.300. The zero-order valence-electron chi connectivity index (χ0n) is 18.1. The van der Waals surface area contributed by atoms with Crippen LogP contribution in [0.25, 0.3) is 0 Å². The van der Waals surface area contributed by atoms with E-state index in [4.69, 9.17) is 10.2 Å². The van der Waals surface area contributed by atoms with Crippen LogP contribution in [0.1, 0.15) is 55.4 Å². The minimum absolute atomic E-state index is 0.125. The van der Waals surface area contributed by atoms with Crippen molar-refractivity contribution in [2.45, 2.75) is 55.4 Å². The second kappa shape index (κ2) is 16.3. The fourth-order valence-electron chi connectivity index (χ4n) is 2.43. The highest BCUT2D eigenvalue weighted by Gasteiger charge is 2.21. The third kappa shape index (κ3) is 29.1. The van der Waals surface area contributed by atoms with Crippen molar-refractivity contribution in [3.63, 3.8) is 0 Å². The van der Waals surface area contributed by atoms with Gasteiger partial charge in [0.25, 0.3) is 0 Å². The smallest absolute Gasteiger partial charge is 0.201 e. The molecule has 0 aromatic rings. The minimum Gasteiger partial charge on any atom is -0.394 e. The van der Waals surface area contributed by atoms with Crippen molar-refractivity contribution in [2.24, 2.45) is 23.7 Å². The summed E-state index contributed by atoms with van der Waals surface area (Å²) in [7, 11) is -5.61. The number of rotatable bonds is 9. The maximum absolute atomic E-state index is 11.4. The van der Waals surface area contributed by atoms with Crippen LogP contribution in [0, 0.1) is 23.7 Å². The van der Waals surface area contributed by atoms with Crippen LogP contribution in [0.2, 0.25) is 0 Å². The van der Waals surface area contributed by atoms with Crippen molar-refractivity contribution in [3.8, 4) is 0 Å². The van der Waals surface area contributed by atoms with Gasteiger partial charge in [-0.2, -0.15) is 0 Å². The van der Waals surface area contributed by atoms with E-state index in [0.29, 0.717) is 48.3 Å². The zero-order valence-corrected chi connectivity index (χ0v) is 19.8. The Morgan fingerprint density at radius 1 is 0.538 bits per heavy atom. The summed E-state index contributed by atoms with van der Waals surface area (Å²) in [5.74, 6) is 1.29. The summed E-state index contributed by atoms with van der Waals surface area (Å²) in [6.45, 7) is 15.6. The molecule has 0 bridgehead atoms. The largest absolute Gasteiger partial charge is 0.394 e. The van der Waals surface area contributed by atoms with Crippen molar-refractivity contribution in [3.05, 3.63) is 0 Å². The second-order valence-corrected chi connectivity index (χ2v) is 13.3. The van der Waals surface area contributed by atoms with Crippen molar-refractivity contribution >= 4 is 14.7 Å². The minimum atomic E-state index is -2.80. The predicted octanol–water partition coefficient (Wildman–Crippen LogP) is 4.11. The van der Waals surface area contributed by atoms with Gasteiger partial charge in [0.1, 0.15) is 0 Å². The molecule has 162 valence electrons. The molecule has 0 aromatic carbocycles. The van der Waals surface area contributed by atoms with E-state index < -0.39 is 14.7 Å². The molecule has 6 nitrogen and oxygen atoms in total. The van der Waals surface area contributed by atoms with Gasteiger partial charge in [-0.1, -0.05) is 55.4 Å². The molecule has 4 N–H and O–H groups in total. The first-order valence-electron chi connectivity index (χ1n) is 9.41. The van der Waals surface area contributed by atoms with Crippen LogP contribution < -0.4 is 0 Å². The Bertz CT molecular complexity index is 342. The monoisotopic (exact) mass is 418 g/mol. The van der Waals surface area contributed by atoms with Gasteiger partial charge in [-0.3, -0.25) is 9.13 Å². The fraction of sp³-hybridized carbons (Fsp3) is 1.00. The van der Waals surface area contributed by atoms with E-state index in [1.807, 2.05) is 55.4 Å². The molecule has 0 aliphatic rings. The molecule has 0 radical (unpaired) electrons. The Labute approximate surface area is 161 Å². The summed E-state index contributed by atoms with van der Waals surface area (Å²) < 4.78 is 22.8. The average Bonchev–Trinajstić information content (AvgIpc) is 2.32. The van der Waals surface area contributed by atoms with Crippen molar-refractivity contribution < 1.29 is 29.1 Å². The Balaban J connectivity index is -0.000000338. The molecular weight excluding hydrogens is 374 g/mol. The number of hydrogen-bond donors (Lipinski definition) is 4. The third-order valence-electron chi connectivity index (χ3n) is 2.70. The predicted molar refractivity (Wildman–Crippen MR) is 113 cm³/mol. The molecule has 26 heavy (non-hydrogen) atoms. The van der Waals surface area contributed by atoms with Crippen LogP contribution in [0.5, 0.6) is 0 Å². The Kier molecular flexibility index (Phi) is 19.4. The SMILES string of the molecule is CC(C)CP(=O)(O)CC(C)C.CC(C)CP(=O)(O)CC(C)C.OCCO. The molecule has 0 spiro atoms. The summed E-state index contributed by atoms with van der Waals surface area (Å²) in [6.07, 6.45) is 1.85. The molecule has 0 aliphatic heterocycles. The molecular formula is C18H44O6P2. The normalized spacial score (nSPS) is 12.2. The zero-order chi connectivity index (χ0) is 21.6. The molecule has 0 fully saturated rings. The van der Waals surface area contributed by atoms with Gasteiger partial charge in [-0.25, -0.2) is 0 Å². The van der Waals surface area contributed by atoms with Gasteiger partial charge in [0.15, 0.2) is 0 Å². The van der Waals surface area contributed by atoms with Crippen LogP contribution in [0.4, 0.5) is 0 Å². The Morgan fingerprint density at radius 2 is 0.692 bits per heavy atom. The lowest BCUT2D eigenvalue weighted by atomic mass is 10.3. The van der Waals surface area contributed by atoms with E-state index in [-0.39, 0.29) is 13.2 Å². The van der Waals surface area contributed by atoms with Gasteiger partial charge in [0.05, 0.1) is 13.2 Å². The molecule has 0 aromatic heterocycles. The van der Waals surface area contributed by atoms with E-state index in [1.54, 1.807) is 0 Å². The second-order valence-electron chi connectivity index (χ2n) is 8.45. The van der Waals surface area contributed by atoms with Gasteiger partial charge >= 0.3 is 0 Å².